The standard InChI is InChI=1S/C16H13BrO5S/c1-23(19,20)22-16-14(18)12-4-2-3-5-13(12)21-15(16)10-6-8-11(17)9-7-10/h2-9,15-16H,1H3/t15-,16+/m0/s1. The number of carbonyl (C=O) groups excluding carboxylic acids is 1. The molecule has 5 nitrogen and oxygen atoms in total. The fourth-order valence-electron chi connectivity index (χ4n) is 2.44. The van der Waals surface area contributed by atoms with Crippen LogP contribution < -0.4 is 4.74 Å². The summed E-state index contributed by atoms with van der Waals surface area (Å²) >= 11 is 3.34. The van der Waals surface area contributed by atoms with Gasteiger partial charge in [-0.15, -0.1) is 0 Å². The quantitative estimate of drug-likeness (QED) is 0.745. The highest BCUT2D eigenvalue weighted by atomic mass is 79.9. The van der Waals surface area contributed by atoms with Gasteiger partial charge in [0.25, 0.3) is 10.1 Å². The fourth-order valence-corrected chi connectivity index (χ4v) is 3.27. The second-order valence-corrected chi connectivity index (χ2v) is 7.69. The van der Waals surface area contributed by atoms with Crippen LogP contribution in [-0.4, -0.2) is 26.6 Å². The smallest absolute Gasteiger partial charge is 0.265 e. The molecule has 3 rings (SSSR count). The van der Waals surface area contributed by atoms with Crippen LogP contribution in [-0.2, 0) is 14.3 Å². The van der Waals surface area contributed by atoms with E-state index < -0.39 is 28.1 Å². The lowest BCUT2D eigenvalue weighted by molar-refractivity contribution is 0.0347. The van der Waals surface area contributed by atoms with Gasteiger partial charge in [0, 0.05) is 4.47 Å². The molecule has 2 atom stereocenters. The summed E-state index contributed by atoms with van der Waals surface area (Å²) in [7, 11) is -3.82. The first kappa shape index (κ1) is 16.2. The Morgan fingerprint density at radius 2 is 1.74 bits per heavy atom. The summed E-state index contributed by atoms with van der Waals surface area (Å²) in [6, 6.07) is 13.8. The van der Waals surface area contributed by atoms with Gasteiger partial charge in [-0.2, -0.15) is 8.42 Å². The van der Waals surface area contributed by atoms with E-state index in [1.54, 1.807) is 48.5 Å². The number of carbonyl (C=O) groups is 1. The molecule has 0 aromatic heterocycles. The van der Waals surface area contributed by atoms with Crippen LogP contribution in [0.5, 0.6) is 5.75 Å². The minimum atomic E-state index is -3.82. The maximum Gasteiger partial charge on any atom is 0.265 e. The van der Waals surface area contributed by atoms with E-state index in [1.165, 1.54) is 0 Å². The minimum Gasteiger partial charge on any atom is -0.482 e. The second kappa shape index (κ2) is 6.07. The van der Waals surface area contributed by atoms with Crippen molar-refractivity contribution in [3.63, 3.8) is 0 Å². The normalized spacial score (nSPS) is 20.7. The number of hydrogen-bond acceptors (Lipinski definition) is 5. The maximum absolute atomic E-state index is 12.7. The molecule has 2 aromatic rings. The molecule has 1 aliphatic rings. The van der Waals surface area contributed by atoms with Crippen molar-refractivity contribution in [2.24, 2.45) is 0 Å². The average Bonchev–Trinajstić information content (AvgIpc) is 2.50. The summed E-state index contributed by atoms with van der Waals surface area (Å²) in [6.07, 6.45) is -1.17. The molecule has 0 aliphatic carbocycles. The SMILES string of the molecule is CS(=O)(=O)O[C@@H]1C(=O)c2ccccc2O[C@H]1c1ccc(Br)cc1. The van der Waals surface area contributed by atoms with Crippen LogP contribution in [0.2, 0.25) is 0 Å². The highest BCUT2D eigenvalue weighted by Crippen LogP contribution is 2.37. The van der Waals surface area contributed by atoms with E-state index >= 15 is 0 Å². The number of ketones is 1. The van der Waals surface area contributed by atoms with Gasteiger partial charge in [0.05, 0.1) is 11.8 Å². The van der Waals surface area contributed by atoms with E-state index in [1.807, 2.05) is 0 Å². The minimum absolute atomic E-state index is 0.314. The Morgan fingerprint density at radius 3 is 2.39 bits per heavy atom. The molecular weight excluding hydrogens is 384 g/mol. The zero-order valence-electron chi connectivity index (χ0n) is 12.1. The zero-order chi connectivity index (χ0) is 16.6. The third-order valence-electron chi connectivity index (χ3n) is 3.42. The number of para-hydroxylation sites is 1. The molecule has 0 amide bonds. The molecule has 0 saturated carbocycles. The predicted molar refractivity (Wildman–Crippen MR) is 88.0 cm³/mol. The number of ether oxygens (including phenoxy) is 1. The van der Waals surface area contributed by atoms with Crippen molar-refractivity contribution in [1.29, 1.82) is 0 Å². The van der Waals surface area contributed by atoms with E-state index in [9.17, 15) is 13.2 Å². The molecule has 0 spiro atoms. The zero-order valence-corrected chi connectivity index (χ0v) is 14.5. The molecule has 2 aromatic carbocycles. The van der Waals surface area contributed by atoms with E-state index in [4.69, 9.17) is 8.92 Å². The second-order valence-electron chi connectivity index (χ2n) is 5.17. The van der Waals surface area contributed by atoms with Crippen LogP contribution in [0.1, 0.15) is 22.0 Å². The monoisotopic (exact) mass is 396 g/mol. The molecule has 0 radical (unpaired) electrons. The first-order chi connectivity index (χ1) is 10.8. The van der Waals surface area contributed by atoms with Gasteiger partial charge >= 0.3 is 0 Å². The van der Waals surface area contributed by atoms with Gasteiger partial charge in [-0.1, -0.05) is 40.2 Å². The number of halogens is 1. The molecule has 1 aliphatic heterocycles. The van der Waals surface area contributed by atoms with Crippen molar-refractivity contribution in [1.82, 2.24) is 0 Å². The van der Waals surface area contributed by atoms with E-state index in [-0.39, 0.29) is 0 Å². The lowest BCUT2D eigenvalue weighted by atomic mass is 9.94. The van der Waals surface area contributed by atoms with Crippen molar-refractivity contribution >= 4 is 31.8 Å². The summed E-state index contributed by atoms with van der Waals surface area (Å²) in [5.41, 5.74) is 0.971. The van der Waals surface area contributed by atoms with Crippen molar-refractivity contribution in [2.75, 3.05) is 6.26 Å². The van der Waals surface area contributed by atoms with Crippen LogP contribution in [0, 0.1) is 0 Å². The van der Waals surface area contributed by atoms with Gasteiger partial charge < -0.3 is 4.74 Å². The molecule has 0 saturated heterocycles. The molecule has 1 heterocycles. The van der Waals surface area contributed by atoms with Gasteiger partial charge in [-0.25, -0.2) is 0 Å². The summed E-state index contributed by atoms with van der Waals surface area (Å²) < 4.78 is 34.9. The summed E-state index contributed by atoms with van der Waals surface area (Å²) in [5, 5.41) is 0. The average molecular weight is 397 g/mol. The van der Waals surface area contributed by atoms with E-state index in [0.717, 1.165) is 10.7 Å². The van der Waals surface area contributed by atoms with Crippen LogP contribution in [0.25, 0.3) is 0 Å². The lowest BCUT2D eigenvalue weighted by Crippen LogP contribution is -2.39. The highest BCUT2D eigenvalue weighted by molar-refractivity contribution is 9.10. The topological polar surface area (TPSA) is 69.7 Å². The Morgan fingerprint density at radius 1 is 1.09 bits per heavy atom. The van der Waals surface area contributed by atoms with Gasteiger partial charge in [-0.3, -0.25) is 8.98 Å². The molecule has 23 heavy (non-hydrogen) atoms. The number of hydrogen-bond donors (Lipinski definition) is 0. The number of fused-ring (bicyclic) bond motifs is 1. The van der Waals surface area contributed by atoms with Gasteiger partial charge in [0.2, 0.25) is 5.78 Å². The highest BCUT2D eigenvalue weighted by Gasteiger charge is 2.41. The third kappa shape index (κ3) is 3.46. The fraction of sp³-hybridized carbons (Fsp3) is 0.188. The van der Waals surface area contributed by atoms with Crippen LogP contribution in [0.4, 0.5) is 0 Å². The van der Waals surface area contributed by atoms with E-state index in [2.05, 4.69) is 15.9 Å². The van der Waals surface area contributed by atoms with Gasteiger partial charge in [0.1, 0.15) is 5.75 Å². The van der Waals surface area contributed by atoms with Crippen molar-refractivity contribution in [3.8, 4) is 5.75 Å². The first-order valence-corrected chi connectivity index (χ1v) is 9.40. The van der Waals surface area contributed by atoms with Crippen LogP contribution >= 0.6 is 15.9 Å². The largest absolute Gasteiger partial charge is 0.482 e. The Balaban J connectivity index is 2.07. The molecule has 120 valence electrons. The van der Waals surface area contributed by atoms with Crippen molar-refractivity contribution < 1.29 is 22.1 Å². The Labute approximate surface area is 142 Å². The summed E-state index contributed by atoms with van der Waals surface area (Å²) in [5.74, 6) is 0.00367. The Bertz CT molecular complexity index is 845. The first-order valence-electron chi connectivity index (χ1n) is 6.79. The molecule has 0 bridgehead atoms. The van der Waals surface area contributed by atoms with Gasteiger partial charge in [0.15, 0.2) is 12.2 Å². The van der Waals surface area contributed by atoms with Crippen molar-refractivity contribution in [3.05, 3.63) is 64.1 Å². The van der Waals surface area contributed by atoms with Crippen molar-refractivity contribution in [2.45, 2.75) is 12.2 Å². The molecule has 0 N–H and O–H groups in total. The van der Waals surface area contributed by atoms with Crippen LogP contribution in [0.15, 0.2) is 53.0 Å². The summed E-state index contributed by atoms with van der Waals surface area (Å²) in [4.78, 5) is 12.7. The molecule has 7 heteroatoms. The Hall–Kier alpha value is -1.70. The van der Waals surface area contributed by atoms with Gasteiger partial charge in [-0.05, 0) is 29.8 Å². The number of rotatable bonds is 3. The third-order valence-corrected chi connectivity index (χ3v) is 4.50. The lowest BCUT2D eigenvalue weighted by Gasteiger charge is -2.31. The maximum atomic E-state index is 12.7. The molecular formula is C16H13BrO5S. The van der Waals surface area contributed by atoms with Crippen LogP contribution in [0.3, 0.4) is 0 Å². The number of Topliss-reactive ketones (excluding diaryl/α,β-unsaturated/α-hetero) is 1. The predicted octanol–water partition coefficient (Wildman–Crippen LogP) is 3.11. The Kier molecular flexibility index (Phi) is 4.27. The van der Waals surface area contributed by atoms with E-state index in [0.29, 0.717) is 16.9 Å². The summed E-state index contributed by atoms with van der Waals surface area (Å²) in [6.45, 7) is 0. The number of benzene rings is 2. The molecule has 0 unspecified atom stereocenters. The molecule has 0 fully saturated rings.